The summed E-state index contributed by atoms with van der Waals surface area (Å²) in [6.45, 7) is 4.17. The molecule has 8 nitrogen and oxygen atoms in total. The molecule has 0 atom stereocenters. The van der Waals surface area contributed by atoms with Crippen LogP contribution in [0.25, 0.3) is 22.6 Å². The van der Waals surface area contributed by atoms with Crippen molar-refractivity contribution in [1.29, 1.82) is 0 Å². The summed E-state index contributed by atoms with van der Waals surface area (Å²) >= 11 is 0. The summed E-state index contributed by atoms with van der Waals surface area (Å²) in [7, 11) is 0. The van der Waals surface area contributed by atoms with E-state index >= 15 is 0 Å². The fourth-order valence-corrected chi connectivity index (χ4v) is 2.83. The van der Waals surface area contributed by atoms with Crippen molar-refractivity contribution >= 4 is 22.8 Å². The lowest BCUT2D eigenvalue weighted by Crippen LogP contribution is -2.37. The molecule has 0 radical (unpaired) electrons. The molecule has 1 aliphatic rings. The highest BCUT2D eigenvalue weighted by atomic mass is 19.1. The quantitative estimate of drug-likeness (QED) is 0.743. The van der Waals surface area contributed by atoms with Crippen LogP contribution in [-0.4, -0.2) is 51.2 Å². The first kappa shape index (κ1) is 15.7. The third kappa shape index (κ3) is 2.76. The Morgan fingerprint density at radius 2 is 2.08 bits per heavy atom. The lowest BCUT2D eigenvalue weighted by Gasteiger charge is -2.28. The van der Waals surface area contributed by atoms with Gasteiger partial charge in [-0.15, -0.1) is 0 Å². The number of nitrogens with one attached hydrogen (secondary N) is 1. The van der Waals surface area contributed by atoms with Gasteiger partial charge in [-0.3, -0.25) is 0 Å². The maximum atomic E-state index is 14.5. The van der Waals surface area contributed by atoms with Gasteiger partial charge in [0.2, 0.25) is 5.82 Å². The zero-order valence-electron chi connectivity index (χ0n) is 13.8. The first-order valence-corrected chi connectivity index (χ1v) is 8.16. The molecule has 0 aliphatic carbocycles. The molecule has 1 saturated heterocycles. The van der Waals surface area contributed by atoms with Crippen molar-refractivity contribution in [3.05, 3.63) is 23.9 Å². The van der Waals surface area contributed by atoms with Crippen LogP contribution >= 0.6 is 0 Å². The van der Waals surface area contributed by atoms with Crippen molar-refractivity contribution in [3.8, 4) is 11.4 Å². The number of aryl methyl sites for hydroxylation is 1. The topological polar surface area (TPSA) is 106 Å². The third-order valence-corrected chi connectivity index (χ3v) is 4.20. The number of halogens is 1. The van der Waals surface area contributed by atoms with E-state index in [0.29, 0.717) is 48.9 Å². The standard InChI is InChI=1S/C16H18FN7O/c1-2-9-7-19-15-12(21-9)10(8-20-15)14-22-13(18)11(17)16(23-14)24-3-5-25-6-4-24/h7-8H,2-6H2,1H3,(H,19,20)(H2,18,22,23). The van der Waals surface area contributed by atoms with Gasteiger partial charge in [0.15, 0.2) is 23.1 Å². The molecule has 1 fully saturated rings. The molecule has 9 heteroatoms. The van der Waals surface area contributed by atoms with Crippen molar-refractivity contribution < 1.29 is 9.13 Å². The van der Waals surface area contributed by atoms with Crippen LogP contribution in [0.3, 0.4) is 0 Å². The predicted molar refractivity (Wildman–Crippen MR) is 91.7 cm³/mol. The van der Waals surface area contributed by atoms with Crippen LogP contribution in [0.5, 0.6) is 0 Å². The summed E-state index contributed by atoms with van der Waals surface area (Å²) in [5.41, 5.74) is 8.60. The van der Waals surface area contributed by atoms with E-state index in [1.165, 1.54) is 0 Å². The lowest BCUT2D eigenvalue weighted by atomic mass is 10.2. The molecule has 0 spiro atoms. The maximum Gasteiger partial charge on any atom is 0.207 e. The number of hydrogen-bond donors (Lipinski definition) is 2. The Hall–Kier alpha value is -2.81. The number of anilines is 2. The molecule has 3 aromatic rings. The Morgan fingerprint density at radius 3 is 2.84 bits per heavy atom. The Kier molecular flexibility index (Phi) is 3.92. The zero-order chi connectivity index (χ0) is 17.4. The summed E-state index contributed by atoms with van der Waals surface area (Å²) in [5.74, 6) is -0.264. The summed E-state index contributed by atoms with van der Waals surface area (Å²) in [6, 6.07) is 0. The van der Waals surface area contributed by atoms with Crippen LogP contribution in [0.4, 0.5) is 16.0 Å². The third-order valence-electron chi connectivity index (χ3n) is 4.20. The number of aromatic nitrogens is 5. The number of morpholine rings is 1. The number of nitrogens with zero attached hydrogens (tertiary/aromatic N) is 5. The fraction of sp³-hybridized carbons (Fsp3) is 0.375. The number of nitrogens with two attached hydrogens (primary N) is 1. The van der Waals surface area contributed by atoms with Crippen molar-refractivity contribution in [1.82, 2.24) is 24.9 Å². The monoisotopic (exact) mass is 343 g/mol. The molecule has 4 rings (SSSR count). The second kappa shape index (κ2) is 6.25. The highest BCUT2D eigenvalue weighted by molar-refractivity contribution is 5.88. The van der Waals surface area contributed by atoms with Gasteiger partial charge in [0.05, 0.1) is 30.7 Å². The molecule has 130 valence electrons. The van der Waals surface area contributed by atoms with Gasteiger partial charge >= 0.3 is 0 Å². The molecule has 3 N–H and O–H groups in total. The van der Waals surface area contributed by atoms with Gasteiger partial charge in [-0.25, -0.2) is 19.9 Å². The number of H-pyrrole nitrogens is 1. The Balaban J connectivity index is 1.84. The van der Waals surface area contributed by atoms with Crippen LogP contribution in [-0.2, 0) is 11.2 Å². The Bertz CT molecular complexity index is 920. The molecule has 0 bridgehead atoms. The number of hydrogen-bond acceptors (Lipinski definition) is 7. The second-order valence-corrected chi connectivity index (χ2v) is 5.78. The van der Waals surface area contributed by atoms with Crippen LogP contribution in [0.2, 0.25) is 0 Å². The van der Waals surface area contributed by atoms with E-state index in [0.717, 1.165) is 12.1 Å². The van der Waals surface area contributed by atoms with E-state index in [4.69, 9.17) is 10.5 Å². The van der Waals surface area contributed by atoms with E-state index in [1.54, 1.807) is 12.4 Å². The lowest BCUT2D eigenvalue weighted by molar-refractivity contribution is 0.122. The highest BCUT2D eigenvalue weighted by Crippen LogP contribution is 2.29. The van der Waals surface area contributed by atoms with E-state index in [-0.39, 0.29) is 11.6 Å². The van der Waals surface area contributed by atoms with Gasteiger partial charge in [-0.2, -0.15) is 4.39 Å². The first-order chi connectivity index (χ1) is 12.2. The predicted octanol–water partition coefficient (Wildman–Crippen LogP) is 1.54. The van der Waals surface area contributed by atoms with Gasteiger partial charge < -0.3 is 20.4 Å². The molecule has 4 heterocycles. The summed E-state index contributed by atoms with van der Waals surface area (Å²) < 4.78 is 19.8. The van der Waals surface area contributed by atoms with Crippen molar-refractivity contribution in [2.24, 2.45) is 0 Å². The van der Waals surface area contributed by atoms with E-state index in [2.05, 4.69) is 24.9 Å². The summed E-state index contributed by atoms with van der Waals surface area (Å²) in [5, 5.41) is 0. The second-order valence-electron chi connectivity index (χ2n) is 5.78. The SMILES string of the molecule is CCc1cnc2[nH]cc(-c3nc(N)c(F)c(N4CCOCC4)n3)c2n1. The number of aromatic amines is 1. The molecule has 25 heavy (non-hydrogen) atoms. The Labute approximate surface area is 143 Å². The molecular weight excluding hydrogens is 325 g/mol. The van der Waals surface area contributed by atoms with Gasteiger partial charge in [0.1, 0.15) is 5.52 Å². The molecular formula is C16H18FN7O. The first-order valence-electron chi connectivity index (χ1n) is 8.16. The molecule has 1 aliphatic heterocycles. The molecule has 0 aromatic carbocycles. The summed E-state index contributed by atoms with van der Waals surface area (Å²) in [6.07, 6.45) is 4.21. The Morgan fingerprint density at radius 1 is 1.28 bits per heavy atom. The minimum Gasteiger partial charge on any atom is -0.381 e. The zero-order valence-corrected chi connectivity index (χ0v) is 13.8. The van der Waals surface area contributed by atoms with Gasteiger partial charge in [-0.05, 0) is 6.42 Å². The minimum absolute atomic E-state index is 0.180. The largest absolute Gasteiger partial charge is 0.381 e. The maximum absolute atomic E-state index is 14.5. The van der Waals surface area contributed by atoms with Gasteiger partial charge in [0, 0.05) is 19.3 Å². The van der Waals surface area contributed by atoms with Crippen molar-refractivity contribution in [2.75, 3.05) is 36.9 Å². The fourth-order valence-electron chi connectivity index (χ4n) is 2.83. The smallest absolute Gasteiger partial charge is 0.207 e. The number of ether oxygens (including phenoxy) is 1. The van der Waals surface area contributed by atoms with Crippen LogP contribution < -0.4 is 10.6 Å². The van der Waals surface area contributed by atoms with Crippen LogP contribution in [0.15, 0.2) is 12.4 Å². The van der Waals surface area contributed by atoms with Gasteiger partial charge in [0.25, 0.3) is 0 Å². The number of nitrogen functional groups attached to an aromatic ring is 1. The average Bonchev–Trinajstić information content (AvgIpc) is 3.07. The molecule has 3 aromatic heterocycles. The highest BCUT2D eigenvalue weighted by Gasteiger charge is 2.22. The summed E-state index contributed by atoms with van der Waals surface area (Å²) in [4.78, 5) is 22.3. The average molecular weight is 343 g/mol. The number of rotatable bonds is 3. The van der Waals surface area contributed by atoms with Crippen LogP contribution in [0.1, 0.15) is 12.6 Å². The van der Waals surface area contributed by atoms with E-state index < -0.39 is 5.82 Å². The van der Waals surface area contributed by atoms with Crippen LogP contribution in [0, 0.1) is 5.82 Å². The minimum atomic E-state index is -0.606. The molecule has 0 saturated carbocycles. The molecule has 0 amide bonds. The van der Waals surface area contributed by atoms with E-state index in [1.807, 2.05) is 11.8 Å². The number of fused-ring (bicyclic) bond motifs is 1. The van der Waals surface area contributed by atoms with Gasteiger partial charge in [-0.1, -0.05) is 6.92 Å². The normalized spacial score (nSPS) is 15.0. The molecule has 0 unspecified atom stereocenters. The van der Waals surface area contributed by atoms with Crippen molar-refractivity contribution in [2.45, 2.75) is 13.3 Å². The van der Waals surface area contributed by atoms with E-state index in [9.17, 15) is 4.39 Å². The van der Waals surface area contributed by atoms with Crippen molar-refractivity contribution in [3.63, 3.8) is 0 Å².